The largest absolute Gasteiger partial charge is 0.310 e. The lowest BCUT2D eigenvalue weighted by Gasteiger charge is -2.16. The second-order valence-corrected chi connectivity index (χ2v) is 9.58. The van der Waals surface area contributed by atoms with Gasteiger partial charge in [0.15, 0.2) is 5.16 Å². The van der Waals surface area contributed by atoms with Crippen LogP contribution in [0.25, 0.3) is 10.2 Å². The Morgan fingerprint density at radius 2 is 2.10 bits per heavy atom. The molecular formula is C20H25N5O2S2. The molecule has 9 heteroatoms. The van der Waals surface area contributed by atoms with Crippen molar-refractivity contribution in [3.05, 3.63) is 45.7 Å². The van der Waals surface area contributed by atoms with Crippen molar-refractivity contribution in [1.29, 1.82) is 0 Å². The van der Waals surface area contributed by atoms with Gasteiger partial charge >= 0.3 is 0 Å². The van der Waals surface area contributed by atoms with Crippen LogP contribution in [0.1, 0.15) is 37.3 Å². The molecule has 0 spiro atoms. The zero-order valence-corrected chi connectivity index (χ0v) is 18.9. The van der Waals surface area contributed by atoms with E-state index in [0.717, 1.165) is 10.4 Å². The van der Waals surface area contributed by atoms with Gasteiger partial charge in [0.05, 0.1) is 16.8 Å². The molecule has 29 heavy (non-hydrogen) atoms. The molecule has 3 aromatic rings. The van der Waals surface area contributed by atoms with Crippen molar-refractivity contribution in [2.45, 2.75) is 57.6 Å². The van der Waals surface area contributed by atoms with Crippen molar-refractivity contribution >= 4 is 45.0 Å². The Kier molecular flexibility index (Phi) is 6.28. The van der Waals surface area contributed by atoms with Crippen molar-refractivity contribution in [2.24, 2.45) is 0 Å². The van der Waals surface area contributed by atoms with Gasteiger partial charge in [0.25, 0.3) is 5.56 Å². The first-order valence-electron chi connectivity index (χ1n) is 9.37. The summed E-state index contributed by atoms with van der Waals surface area (Å²) >= 11 is 2.77. The van der Waals surface area contributed by atoms with E-state index in [1.165, 1.54) is 23.1 Å². The van der Waals surface area contributed by atoms with Crippen LogP contribution in [0.2, 0.25) is 0 Å². The van der Waals surface area contributed by atoms with Crippen LogP contribution in [-0.4, -0.2) is 30.5 Å². The number of carbonyl (C=O) groups is 1. The summed E-state index contributed by atoms with van der Waals surface area (Å²) in [5.41, 5.74) is 0.870. The van der Waals surface area contributed by atoms with E-state index in [0.29, 0.717) is 27.7 Å². The van der Waals surface area contributed by atoms with E-state index in [4.69, 9.17) is 4.98 Å². The summed E-state index contributed by atoms with van der Waals surface area (Å²) in [6, 6.07) is 1.90. The molecule has 1 amide bonds. The average Bonchev–Trinajstić information content (AvgIpc) is 3.23. The van der Waals surface area contributed by atoms with Gasteiger partial charge in [-0.3, -0.25) is 14.2 Å². The molecule has 1 unspecified atom stereocenters. The molecule has 0 aliphatic carbocycles. The number of aromatic nitrogens is 4. The fourth-order valence-corrected chi connectivity index (χ4v) is 4.94. The molecule has 1 N–H and O–H groups in total. The maximum absolute atomic E-state index is 13.1. The van der Waals surface area contributed by atoms with Gasteiger partial charge in [-0.1, -0.05) is 17.8 Å². The van der Waals surface area contributed by atoms with Gasteiger partial charge in [-0.2, -0.15) is 5.10 Å². The van der Waals surface area contributed by atoms with E-state index in [9.17, 15) is 9.59 Å². The fraction of sp³-hybridized carbons (Fsp3) is 0.400. The molecule has 0 bridgehead atoms. The highest BCUT2D eigenvalue weighted by atomic mass is 32.2. The van der Waals surface area contributed by atoms with Gasteiger partial charge in [-0.25, -0.2) is 9.67 Å². The predicted octanol–water partition coefficient (Wildman–Crippen LogP) is 4.16. The highest BCUT2D eigenvalue weighted by Gasteiger charge is 2.22. The topological polar surface area (TPSA) is 81.8 Å². The average molecular weight is 432 g/mol. The van der Waals surface area contributed by atoms with Crippen LogP contribution in [-0.2, 0) is 11.3 Å². The third-order valence-corrected chi connectivity index (χ3v) is 6.82. The number of fused-ring (bicyclic) bond motifs is 1. The molecule has 0 aliphatic heterocycles. The SMILES string of the molecule is C=CCn1c(SC(C)C(=O)Nc2ccnn2C(C)C)nc2sc(C)c(C)c2c1=O. The molecule has 154 valence electrons. The summed E-state index contributed by atoms with van der Waals surface area (Å²) in [4.78, 5) is 32.3. The second kappa shape index (κ2) is 8.54. The Bertz CT molecular complexity index is 1130. The molecule has 0 aliphatic rings. The van der Waals surface area contributed by atoms with Gasteiger partial charge in [-0.05, 0) is 40.2 Å². The molecule has 0 fully saturated rings. The van der Waals surface area contributed by atoms with E-state index < -0.39 is 5.25 Å². The summed E-state index contributed by atoms with van der Waals surface area (Å²) in [7, 11) is 0. The molecule has 0 radical (unpaired) electrons. The first kappa shape index (κ1) is 21.3. The standard InChI is InChI=1S/C20H25N5O2S2/c1-7-10-24-19(27)16-12(4)13(5)28-18(16)23-20(24)29-14(6)17(26)22-15-8-9-21-25(15)11(2)3/h7-9,11,14H,1,10H2,2-6H3,(H,22,26). The third kappa shape index (κ3) is 4.16. The van der Waals surface area contributed by atoms with Crippen molar-refractivity contribution in [1.82, 2.24) is 19.3 Å². The van der Waals surface area contributed by atoms with Gasteiger partial charge in [-0.15, -0.1) is 17.9 Å². The lowest BCUT2D eigenvalue weighted by molar-refractivity contribution is -0.115. The number of allylic oxidation sites excluding steroid dienone is 1. The molecule has 3 heterocycles. The first-order chi connectivity index (χ1) is 13.7. The predicted molar refractivity (Wildman–Crippen MR) is 120 cm³/mol. The Hall–Kier alpha value is -2.39. The van der Waals surface area contributed by atoms with Crippen molar-refractivity contribution < 1.29 is 4.79 Å². The molecule has 1 atom stereocenters. The van der Waals surface area contributed by atoms with Crippen molar-refractivity contribution in [2.75, 3.05) is 5.32 Å². The van der Waals surface area contributed by atoms with E-state index in [-0.39, 0.29) is 17.5 Å². The van der Waals surface area contributed by atoms with E-state index in [1.807, 2.05) is 27.7 Å². The number of thiophene rings is 1. The number of rotatable bonds is 7. The van der Waals surface area contributed by atoms with Crippen LogP contribution in [0.5, 0.6) is 0 Å². The van der Waals surface area contributed by atoms with Crippen LogP contribution < -0.4 is 10.9 Å². The number of nitrogens with one attached hydrogen (secondary N) is 1. The number of amides is 1. The molecule has 3 aromatic heterocycles. The number of thioether (sulfide) groups is 1. The van der Waals surface area contributed by atoms with Gasteiger partial charge in [0, 0.05) is 23.5 Å². The summed E-state index contributed by atoms with van der Waals surface area (Å²) < 4.78 is 3.34. The Morgan fingerprint density at radius 1 is 1.38 bits per heavy atom. The van der Waals surface area contributed by atoms with E-state index in [2.05, 4.69) is 17.0 Å². The highest BCUT2D eigenvalue weighted by Crippen LogP contribution is 2.30. The minimum absolute atomic E-state index is 0.0928. The summed E-state index contributed by atoms with van der Waals surface area (Å²) in [5.74, 6) is 0.476. The minimum atomic E-state index is -0.451. The first-order valence-corrected chi connectivity index (χ1v) is 11.1. The maximum atomic E-state index is 13.1. The zero-order valence-electron chi connectivity index (χ0n) is 17.2. The van der Waals surface area contributed by atoms with Crippen LogP contribution in [0.3, 0.4) is 0 Å². The summed E-state index contributed by atoms with van der Waals surface area (Å²) in [6.45, 7) is 13.8. The molecular weight excluding hydrogens is 406 g/mol. The van der Waals surface area contributed by atoms with Gasteiger partial charge in [0.1, 0.15) is 10.6 Å². The number of hydrogen-bond donors (Lipinski definition) is 1. The lowest BCUT2D eigenvalue weighted by Crippen LogP contribution is -2.27. The minimum Gasteiger partial charge on any atom is -0.310 e. The molecule has 3 rings (SSSR count). The second-order valence-electron chi connectivity index (χ2n) is 7.07. The maximum Gasteiger partial charge on any atom is 0.263 e. The Balaban J connectivity index is 1.91. The van der Waals surface area contributed by atoms with Crippen LogP contribution >= 0.6 is 23.1 Å². The molecule has 0 saturated heterocycles. The van der Waals surface area contributed by atoms with Crippen molar-refractivity contribution in [3.63, 3.8) is 0 Å². The van der Waals surface area contributed by atoms with E-state index in [1.54, 1.807) is 34.5 Å². The third-order valence-electron chi connectivity index (χ3n) is 4.63. The monoisotopic (exact) mass is 431 g/mol. The van der Waals surface area contributed by atoms with Crippen LogP contribution in [0, 0.1) is 13.8 Å². The molecule has 0 aromatic carbocycles. The summed E-state index contributed by atoms with van der Waals surface area (Å²) in [5, 5.41) is 7.87. The zero-order chi connectivity index (χ0) is 21.3. The quantitative estimate of drug-likeness (QED) is 0.345. The van der Waals surface area contributed by atoms with Gasteiger partial charge < -0.3 is 5.32 Å². The van der Waals surface area contributed by atoms with Gasteiger partial charge in [0.2, 0.25) is 5.91 Å². The number of carbonyl (C=O) groups excluding carboxylic acids is 1. The normalized spacial score (nSPS) is 12.5. The number of aryl methyl sites for hydroxylation is 2. The Morgan fingerprint density at radius 3 is 2.76 bits per heavy atom. The smallest absolute Gasteiger partial charge is 0.263 e. The van der Waals surface area contributed by atoms with Crippen molar-refractivity contribution in [3.8, 4) is 0 Å². The van der Waals surface area contributed by atoms with Crippen LogP contribution in [0.4, 0.5) is 5.82 Å². The molecule has 7 nitrogen and oxygen atoms in total. The van der Waals surface area contributed by atoms with E-state index >= 15 is 0 Å². The lowest BCUT2D eigenvalue weighted by atomic mass is 10.2. The number of nitrogens with zero attached hydrogens (tertiary/aromatic N) is 4. The number of hydrogen-bond acceptors (Lipinski definition) is 6. The van der Waals surface area contributed by atoms with Crippen LogP contribution in [0.15, 0.2) is 34.9 Å². The highest BCUT2D eigenvalue weighted by molar-refractivity contribution is 8.00. The Labute approximate surface area is 177 Å². The summed E-state index contributed by atoms with van der Waals surface area (Å²) in [6.07, 6.45) is 3.32. The fourth-order valence-electron chi connectivity index (χ4n) is 2.95. The number of anilines is 1. The molecule has 0 saturated carbocycles.